The fourth-order valence-electron chi connectivity index (χ4n) is 1.54. The Kier molecular flexibility index (Phi) is 7.63. The number of nitrogens with one attached hydrogen (secondary N) is 1. The van der Waals surface area contributed by atoms with Crippen LogP contribution in [0.5, 0.6) is 0 Å². The summed E-state index contributed by atoms with van der Waals surface area (Å²) in [5, 5.41) is 11.4. The van der Waals surface area contributed by atoms with Crippen LogP contribution in [-0.4, -0.2) is 40.4 Å². The molecule has 108 valence electrons. The van der Waals surface area contributed by atoms with Gasteiger partial charge in [0.05, 0.1) is 6.61 Å². The van der Waals surface area contributed by atoms with Gasteiger partial charge in [0.15, 0.2) is 0 Å². The van der Waals surface area contributed by atoms with Crippen molar-refractivity contribution in [2.45, 2.75) is 12.8 Å². The lowest BCUT2D eigenvalue weighted by Crippen LogP contribution is -2.25. The van der Waals surface area contributed by atoms with Gasteiger partial charge in [-0.25, -0.2) is 0 Å². The number of amides is 1. The number of carbonyl (C=O) groups excluding carboxylic acids is 1. The third-order valence-electron chi connectivity index (χ3n) is 2.49. The van der Waals surface area contributed by atoms with E-state index in [1.807, 2.05) is 6.07 Å². The predicted molar refractivity (Wildman–Crippen MR) is 80.9 cm³/mol. The molecule has 20 heavy (non-hydrogen) atoms. The van der Waals surface area contributed by atoms with Gasteiger partial charge in [-0.1, -0.05) is 17.9 Å². The highest BCUT2D eigenvalue weighted by Gasteiger charge is 2.04. The standard InChI is InChI=1S/C15H19NO3S/c1-20(19)11-5-9-16-15(18)14-8-4-7-13(12-14)6-2-3-10-17/h4,7-8,12,17H,3,5,9-11H2,1H3,(H,16,18). The Hall–Kier alpha value is -1.64. The zero-order chi connectivity index (χ0) is 14.8. The highest BCUT2D eigenvalue weighted by Crippen LogP contribution is 2.04. The van der Waals surface area contributed by atoms with Gasteiger partial charge >= 0.3 is 0 Å². The number of hydrogen-bond acceptors (Lipinski definition) is 3. The molecule has 0 heterocycles. The van der Waals surface area contributed by atoms with E-state index in [2.05, 4.69) is 17.2 Å². The van der Waals surface area contributed by atoms with Gasteiger partial charge in [0.2, 0.25) is 0 Å². The Labute approximate surface area is 122 Å². The molecule has 1 amide bonds. The largest absolute Gasteiger partial charge is 0.395 e. The Morgan fingerprint density at radius 2 is 2.25 bits per heavy atom. The van der Waals surface area contributed by atoms with Crippen molar-refractivity contribution >= 4 is 16.7 Å². The van der Waals surface area contributed by atoms with E-state index in [9.17, 15) is 9.00 Å². The summed E-state index contributed by atoms with van der Waals surface area (Å²) in [4.78, 5) is 11.9. The number of aliphatic hydroxyl groups excluding tert-OH is 1. The maximum atomic E-state index is 11.9. The average Bonchev–Trinajstić information content (AvgIpc) is 2.44. The summed E-state index contributed by atoms with van der Waals surface area (Å²) >= 11 is 0. The second kappa shape index (κ2) is 9.29. The minimum atomic E-state index is -0.823. The molecule has 5 heteroatoms. The first-order valence-electron chi connectivity index (χ1n) is 6.41. The summed E-state index contributed by atoms with van der Waals surface area (Å²) in [5.41, 5.74) is 1.30. The smallest absolute Gasteiger partial charge is 0.251 e. The normalized spacial score (nSPS) is 11.3. The maximum Gasteiger partial charge on any atom is 0.251 e. The van der Waals surface area contributed by atoms with E-state index in [-0.39, 0.29) is 12.5 Å². The molecular formula is C15H19NO3S. The fraction of sp³-hybridized carbons (Fsp3) is 0.400. The molecule has 1 atom stereocenters. The van der Waals surface area contributed by atoms with E-state index in [1.54, 1.807) is 24.5 Å². The van der Waals surface area contributed by atoms with Gasteiger partial charge in [-0.05, 0) is 24.6 Å². The molecule has 0 saturated heterocycles. The molecule has 0 aromatic heterocycles. The molecule has 0 radical (unpaired) electrons. The van der Waals surface area contributed by atoms with Crippen LogP contribution >= 0.6 is 0 Å². The lowest BCUT2D eigenvalue weighted by atomic mass is 10.1. The van der Waals surface area contributed by atoms with E-state index >= 15 is 0 Å². The minimum Gasteiger partial charge on any atom is -0.395 e. The van der Waals surface area contributed by atoms with E-state index in [0.29, 0.717) is 30.7 Å². The summed E-state index contributed by atoms with van der Waals surface area (Å²) in [5.74, 6) is 6.14. The second-order valence-electron chi connectivity index (χ2n) is 4.24. The van der Waals surface area contributed by atoms with E-state index in [1.165, 1.54) is 0 Å². The molecule has 0 spiro atoms. The lowest BCUT2D eigenvalue weighted by Gasteiger charge is -2.04. The van der Waals surface area contributed by atoms with Gasteiger partial charge in [-0.2, -0.15) is 0 Å². The van der Waals surface area contributed by atoms with Gasteiger partial charge < -0.3 is 10.4 Å². The molecule has 0 aliphatic rings. The van der Waals surface area contributed by atoms with Crippen molar-refractivity contribution in [3.63, 3.8) is 0 Å². The molecule has 0 saturated carbocycles. The summed E-state index contributed by atoms with van der Waals surface area (Å²) in [7, 11) is -0.823. The average molecular weight is 293 g/mol. The van der Waals surface area contributed by atoms with Crippen molar-refractivity contribution in [2.75, 3.05) is 25.2 Å². The zero-order valence-corrected chi connectivity index (χ0v) is 12.3. The molecule has 0 aliphatic carbocycles. The summed E-state index contributed by atoms with van der Waals surface area (Å²) in [6, 6.07) is 7.04. The molecule has 1 aromatic carbocycles. The molecule has 0 aliphatic heterocycles. The number of hydrogen-bond donors (Lipinski definition) is 2. The van der Waals surface area contributed by atoms with Crippen molar-refractivity contribution in [1.29, 1.82) is 0 Å². The molecule has 2 N–H and O–H groups in total. The van der Waals surface area contributed by atoms with Crippen LogP contribution in [0.3, 0.4) is 0 Å². The Morgan fingerprint density at radius 1 is 1.45 bits per heavy atom. The van der Waals surface area contributed by atoms with Gasteiger partial charge in [-0.15, -0.1) is 0 Å². The quantitative estimate of drug-likeness (QED) is 0.605. The summed E-state index contributed by atoms with van der Waals surface area (Å²) in [6.07, 6.45) is 2.77. The predicted octanol–water partition coefficient (Wildman–Crippen LogP) is 0.919. The van der Waals surface area contributed by atoms with Crippen molar-refractivity contribution in [3.8, 4) is 11.8 Å². The first kappa shape index (κ1) is 16.4. The first-order chi connectivity index (χ1) is 9.63. The Morgan fingerprint density at radius 3 is 2.95 bits per heavy atom. The number of benzene rings is 1. The molecule has 1 unspecified atom stereocenters. The van der Waals surface area contributed by atoms with Crippen LogP contribution in [0.1, 0.15) is 28.8 Å². The molecule has 4 nitrogen and oxygen atoms in total. The highest BCUT2D eigenvalue weighted by molar-refractivity contribution is 7.84. The van der Waals surface area contributed by atoms with Gasteiger partial charge in [-0.3, -0.25) is 9.00 Å². The number of aliphatic hydroxyl groups is 1. The van der Waals surface area contributed by atoms with Crippen molar-refractivity contribution in [3.05, 3.63) is 35.4 Å². The van der Waals surface area contributed by atoms with Crippen LogP contribution < -0.4 is 5.32 Å². The van der Waals surface area contributed by atoms with Crippen molar-refractivity contribution < 1.29 is 14.1 Å². The second-order valence-corrected chi connectivity index (χ2v) is 5.80. The van der Waals surface area contributed by atoms with E-state index < -0.39 is 10.8 Å². The molecule has 1 aromatic rings. The van der Waals surface area contributed by atoms with Gasteiger partial charge in [0, 0.05) is 46.9 Å². The summed E-state index contributed by atoms with van der Waals surface area (Å²) < 4.78 is 10.9. The van der Waals surface area contributed by atoms with E-state index in [4.69, 9.17) is 5.11 Å². The molecule has 1 rings (SSSR count). The van der Waals surface area contributed by atoms with Gasteiger partial charge in [0.1, 0.15) is 0 Å². The monoisotopic (exact) mass is 293 g/mol. The van der Waals surface area contributed by atoms with Gasteiger partial charge in [0.25, 0.3) is 5.91 Å². The van der Waals surface area contributed by atoms with Crippen molar-refractivity contribution in [2.24, 2.45) is 0 Å². The maximum absolute atomic E-state index is 11.9. The van der Waals surface area contributed by atoms with Crippen LogP contribution in [0, 0.1) is 11.8 Å². The van der Waals surface area contributed by atoms with Crippen LogP contribution in [0.2, 0.25) is 0 Å². The molecular weight excluding hydrogens is 274 g/mol. The van der Waals surface area contributed by atoms with Crippen LogP contribution in [-0.2, 0) is 10.8 Å². The summed E-state index contributed by atoms with van der Waals surface area (Å²) in [6.45, 7) is 0.546. The Bertz CT molecular complexity index is 531. The van der Waals surface area contributed by atoms with E-state index in [0.717, 1.165) is 5.56 Å². The molecule has 0 bridgehead atoms. The third kappa shape index (κ3) is 6.50. The molecule has 0 fully saturated rings. The zero-order valence-electron chi connectivity index (χ0n) is 11.5. The number of carbonyl (C=O) groups is 1. The number of rotatable bonds is 6. The topological polar surface area (TPSA) is 66.4 Å². The van der Waals surface area contributed by atoms with Crippen LogP contribution in [0.15, 0.2) is 24.3 Å². The first-order valence-corrected chi connectivity index (χ1v) is 8.14. The Balaban J connectivity index is 2.54. The SMILES string of the molecule is CS(=O)CCCNC(=O)c1cccc(C#CCCO)c1. The fourth-order valence-corrected chi connectivity index (χ4v) is 2.09. The minimum absolute atomic E-state index is 0.0337. The van der Waals surface area contributed by atoms with Crippen LogP contribution in [0.4, 0.5) is 0 Å². The lowest BCUT2D eigenvalue weighted by molar-refractivity contribution is 0.0953. The van der Waals surface area contributed by atoms with Crippen molar-refractivity contribution in [1.82, 2.24) is 5.32 Å². The third-order valence-corrected chi connectivity index (χ3v) is 3.35. The highest BCUT2D eigenvalue weighted by atomic mass is 32.2. The van der Waals surface area contributed by atoms with Crippen LogP contribution in [0.25, 0.3) is 0 Å².